The molecule has 2 amide bonds. The predicted molar refractivity (Wildman–Crippen MR) is 99.3 cm³/mol. The van der Waals surface area contributed by atoms with Gasteiger partial charge in [-0.2, -0.15) is 0 Å². The van der Waals surface area contributed by atoms with Crippen molar-refractivity contribution >= 4 is 46.4 Å². The Hall–Kier alpha value is -2.04. The molecule has 2 aliphatic rings. The van der Waals surface area contributed by atoms with Crippen LogP contribution >= 0.6 is 23.2 Å². The van der Waals surface area contributed by atoms with Crippen LogP contribution in [0.2, 0.25) is 10.0 Å². The summed E-state index contributed by atoms with van der Waals surface area (Å²) in [5.41, 5.74) is 1.39. The van der Waals surface area contributed by atoms with Crippen LogP contribution in [0, 0.1) is 5.41 Å². The highest BCUT2D eigenvalue weighted by Crippen LogP contribution is 2.50. The first kappa shape index (κ1) is 16.4. The number of carbonyl (C=O) groups is 2. The minimum atomic E-state index is -1.01. The van der Waals surface area contributed by atoms with E-state index in [1.54, 1.807) is 23.1 Å². The van der Waals surface area contributed by atoms with Crippen LogP contribution in [0.5, 0.6) is 0 Å². The van der Waals surface area contributed by atoms with E-state index in [1.165, 1.54) is 0 Å². The molecule has 0 radical (unpaired) electrons. The predicted octanol–water partition coefficient (Wildman–Crippen LogP) is 4.30. The number of carbonyl (C=O) groups excluding carboxylic acids is 2. The van der Waals surface area contributed by atoms with Gasteiger partial charge in [0.2, 0.25) is 11.8 Å². The van der Waals surface area contributed by atoms with E-state index in [1.807, 2.05) is 24.3 Å². The molecule has 0 atom stereocenters. The van der Waals surface area contributed by atoms with Crippen LogP contribution in [-0.4, -0.2) is 18.4 Å². The molecular weight excluding hydrogens is 359 g/mol. The van der Waals surface area contributed by atoms with Gasteiger partial charge in [-0.1, -0.05) is 47.5 Å². The van der Waals surface area contributed by atoms with Crippen LogP contribution in [0.25, 0.3) is 0 Å². The van der Waals surface area contributed by atoms with Crippen LogP contribution in [0.3, 0.4) is 0 Å². The van der Waals surface area contributed by atoms with E-state index in [0.29, 0.717) is 35.1 Å². The van der Waals surface area contributed by atoms with Gasteiger partial charge in [0.05, 0.1) is 15.7 Å². The minimum absolute atomic E-state index is 0.141. The number of hydrogen-bond donors (Lipinski definition) is 1. The first-order valence-electron chi connectivity index (χ1n) is 8.18. The highest BCUT2D eigenvalue weighted by Gasteiger charge is 2.58. The van der Waals surface area contributed by atoms with E-state index in [9.17, 15) is 9.59 Å². The minimum Gasteiger partial charge on any atom is -0.323 e. The summed E-state index contributed by atoms with van der Waals surface area (Å²) < 4.78 is 0. The van der Waals surface area contributed by atoms with Gasteiger partial charge in [0.15, 0.2) is 0 Å². The molecule has 1 fully saturated rings. The van der Waals surface area contributed by atoms with Crippen molar-refractivity contribution in [1.29, 1.82) is 0 Å². The Morgan fingerprint density at radius 3 is 2.36 bits per heavy atom. The highest BCUT2D eigenvalue weighted by molar-refractivity contribution is 6.40. The molecule has 1 aliphatic carbocycles. The van der Waals surface area contributed by atoms with Crippen molar-refractivity contribution in [3.05, 3.63) is 58.1 Å². The highest BCUT2D eigenvalue weighted by atomic mass is 35.5. The molecule has 0 aromatic heterocycles. The molecule has 1 heterocycles. The Bertz CT molecular complexity index is 857. The average Bonchev–Trinajstić information content (AvgIpc) is 3.31. The Labute approximate surface area is 155 Å². The van der Waals surface area contributed by atoms with E-state index in [-0.39, 0.29) is 11.8 Å². The number of halogens is 2. The molecule has 1 saturated carbocycles. The summed E-state index contributed by atoms with van der Waals surface area (Å²) >= 11 is 12.2. The van der Waals surface area contributed by atoms with Gasteiger partial charge in [-0.15, -0.1) is 0 Å². The number of hydrogen-bond acceptors (Lipinski definition) is 2. The summed E-state index contributed by atoms with van der Waals surface area (Å²) in [6.45, 7) is 0.611. The fourth-order valence-electron chi connectivity index (χ4n) is 3.32. The van der Waals surface area contributed by atoms with Crippen LogP contribution < -0.4 is 10.2 Å². The van der Waals surface area contributed by atoms with Crippen molar-refractivity contribution in [3.8, 4) is 0 Å². The molecule has 4 rings (SSSR count). The van der Waals surface area contributed by atoms with Gasteiger partial charge in [0, 0.05) is 12.2 Å². The first-order chi connectivity index (χ1) is 12.0. The molecule has 0 unspecified atom stereocenters. The maximum absolute atomic E-state index is 13.1. The number of rotatable bonds is 3. The third-order valence-electron chi connectivity index (χ3n) is 4.93. The second kappa shape index (κ2) is 6.04. The Balaban J connectivity index is 1.58. The lowest BCUT2D eigenvalue weighted by atomic mass is 10.0. The Morgan fingerprint density at radius 2 is 1.68 bits per heavy atom. The molecule has 2 aromatic rings. The monoisotopic (exact) mass is 374 g/mol. The zero-order valence-electron chi connectivity index (χ0n) is 13.4. The normalized spacial score (nSPS) is 17.1. The van der Waals surface area contributed by atoms with Gasteiger partial charge in [-0.25, -0.2) is 0 Å². The Kier molecular flexibility index (Phi) is 3.97. The maximum Gasteiger partial charge on any atom is 0.242 e. The molecule has 0 saturated heterocycles. The number of para-hydroxylation sites is 2. The molecule has 6 heteroatoms. The first-order valence-corrected chi connectivity index (χ1v) is 8.94. The molecule has 0 spiro atoms. The second-order valence-corrected chi connectivity index (χ2v) is 7.28. The lowest BCUT2D eigenvalue weighted by Crippen LogP contribution is -2.42. The van der Waals surface area contributed by atoms with Gasteiger partial charge in [-0.05, 0) is 43.0 Å². The number of anilines is 2. The number of amides is 2. The van der Waals surface area contributed by atoms with Crippen molar-refractivity contribution in [3.63, 3.8) is 0 Å². The molecule has 4 nitrogen and oxygen atoms in total. The zero-order valence-corrected chi connectivity index (χ0v) is 14.9. The fraction of sp³-hybridized carbons (Fsp3) is 0.263. The van der Waals surface area contributed by atoms with Crippen molar-refractivity contribution in [2.24, 2.45) is 5.41 Å². The number of benzene rings is 2. The second-order valence-electron chi connectivity index (χ2n) is 6.47. The number of nitrogens with zero attached hydrogens (tertiary/aromatic N) is 1. The van der Waals surface area contributed by atoms with E-state index in [4.69, 9.17) is 23.2 Å². The summed E-state index contributed by atoms with van der Waals surface area (Å²) in [6.07, 6.45) is 1.90. The van der Waals surface area contributed by atoms with Crippen molar-refractivity contribution < 1.29 is 9.59 Å². The van der Waals surface area contributed by atoms with E-state index in [0.717, 1.165) is 17.7 Å². The van der Waals surface area contributed by atoms with E-state index in [2.05, 4.69) is 5.32 Å². The SMILES string of the molecule is O=C(Nc1c(Cl)cccc1Cl)C1(C(=O)N2CCc3ccccc32)CC1. The summed E-state index contributed by atoms with van der Waals surface area (Å²) in [7, 11) is 0. The molecule has 1 N–H and O–H groups in total. The molecule has 1 aliphatic heterocycles. The molecule has 25 heavy (non-hydrogen) atoms. The smallest absolute Gasteiger partial charge is 0.242 e. The van der Waals surface area contributed by atoms with Gasteiger partial charge >= 0.3 is 0 Å². The van der Waals surface area contributed by atoms with Gasteiger partial charge in [0.1, 0.15) is 5.41 Å². The van der Waals surface area contributed by atoms with Gasteiger partial charge < -0.3 is 10.2 Å². The largest absolute Gasteiger partial charge is 0.323 e. The quantitative estimate of drug-likeness (QED) is 0.814. The van der Waals surface area contributed by atoms with Crippen LogP contribution in [-0.2, 0) is 16.0 Å². The van der Waals surface area contributed by atoms with Crippen molar-refractivity contribution in [1.82, 2.24) is 0 Å². The summed E-state index contributed by atoms with van der Waals surface area (Å²) in [4.78, 5) is 27.7. The van der Waals surface area contributed by atoms with E-state index >= 15 is 0 Å². The van der Waals surface area contributed by atoms with Crippen LogP contribution in [0.15, 0.2) is 42.5 Å². The molecule has 128 valence electrons. The van der Waals surface area contributed by atoms with E-state index < -0.39 is 5.41 Å². The lowest BCUT2D eigenvalue weighted by molar-refractivity contribution is -0.132. The number of nitrogens with one attached hydrogen (secondary N) is 1. The fourth-order valence-corrected chi connectivity index (χ4v) is 3.81. The Morgan fingerprint density at radius 1 is 1.00 bits per heavy atom. The molecule has 0 bridgehead atoms. The van der Waals surface area contributed by atoms with Crippen molar-refractivity contribution in [2.45, 2.75) is 19.3 Å². The summed E-state index contributed by atoms with van der Waals surface area (Å²) in [5, 5.41) is 3.47. The average molecular weight is 375 g/mol. The zero-order chi connectivity index (χ0) is 17.6. The third-order valence-corrected chi connectivity index (χ3v) is 5.56. The van der Waals surface area contributed by atoms with Gasteiger partial charge in [-0.3, -0.25) is 9.59 Å². The van der Waals surface area contributed by atoms with Crippen LogP contribution in [0.1, 0.15) is 18.4 Å². The summed E-state index contributed by atoms with van der Waals surface area (Å²) in [6, 6.07) is 12.8. The van der Waals surface area contributed by atoms with Crippen molar-refractivity contribution in [2.75, 3.05) is 16.8 Å². The topological polar surface area (TPSA) is 49.4 Å². The molecule has 2 aromatic carbocycles. The van der Waals surface area contributed by atoms with Gasteiger partial charge in [0.25, 0.3) is 0 Å². The standard InChI is InChI=1S/C19H16Cl2N2O2/c20-13-5-3-6-14(21)16(13)22-17(24)19(9-10-19)18(25)23-11-8-12-4-1-2-7-15(12)23/h1-7H,8-11H2,(H,22,24). The lowest BCUT2D eigenvalue weighted by Gasteiger charge is -2.23. The summed E-state index contributed by atoms with van der Waals surface area (Å²) in [5.74, 6) is -0.477. The third kappa shape index (κ3) is 2.70. The maximum atomic E-state index is 13.1. The molecular formula is C19H16Cl2N2O2. The van der Waals surface area contributed by atoms with Crippen LogP contribution in [0.4, 0.5) is 11.4 Å². The number of fused-ring (bicyclic) bond motifs is 1.